The first-order valence-corrected chi connectivity index (χ1v) is 6.28. The summed E-state index contributed by atoms with van der Waals surface area (Å²) < 4.78 is 0. The molecular weight excluding hydrogens is 230 g/mol. The molecule has 0 fully saturated rings. The third kappa shape index (κ3) is 4.20. The van der Waals surface area contributed by atoms with Crippen LogP contribution in [0.5, 0.6) is 0 Å². The van der Waals surface area contributed by atoms with E-state index in [1.54, 1.807) is 0 Å². The Bertz CT molecular complexity index is 394. The summed E-state index contributed by atoms with van der Waals surface area (Å²) in [5.41, 5.74) is 6.14. The van der Waals surface area contributed by atoms with Crippen LogP contribution in [0.3, 0.4) is 0 Å². The first-order valence-electron chi connectivity index (χ1n) is 6.28. The smallest absolute Gasteiger partial charge is 0.219 e. The van der Waals surface area contributed by atoms with Gasteiger partial charge in [0.1, 0.15) is 18.0 Å². The maximum Gasteiger partial charge on any atom is 0.219 e. The van der Waals surface area contributed by atoms with E-state index in [-0.39, 0.29) is 5.91 Å². The van der Waals surface area contributed by atoms with Gasteiger partial charge in [-0.3, -0.25) is 4.79 Å². The van der Waals surface area contributed by atoms with E-state index in [2.05, 4.69) is 34.4 Å². The number of nitrogens with one attached hydrogen (secondary N) is 2. The number of carbonyl (C=O) groups is 1. The van der Waals surface area contributed by atoms with Crippen molar-refractivity contribution in [2.24, 2.45) is 5.73 Å². The zero-order valence-corrected chi connectivity index (χ0v) is 11.0. The molecule has 0 aromatic carbocycles. The van der Waals surface area contributed by atoms with Gasteiger partial charge in [0.15, 0.2) is 0 Å². The van der Waals surface area contributed by atoms with Crippen LogP contribution in [-0.2, 0) is 11.2 Å². The van der Waals surface area contributed by atoms with Crippen molar-refractivity contribution >= 4 is 17.5 Å². The van der Waals surface area contributed by atoms with E-state index >= 15 is 0 Å². The van der Waals surface area contributed by atoms with Crippen molar-refractivity contribution < 1.29 is 4.79 Å². The molecule has 6 heteroatoms. The molecule has 0 saturated heterocycles. The van der Waals surface area contributed by atoms with Crippen molar-refractivity contribution in [3.63, 3.8) is 0 Å². The van der Waals surface area contributed by atoms with Gasteiger partial charge in [0.2, 0.25) is 5.91 Å². The fourth-order valence-electron chi connectivity index (χ4n) is 1.60. The summed E-state index contributed by atoms with van der Waals surface area (Å²) in [6, 6.07) is 0. The lowest BCUT2D eigenvalue weighted by Crippen LogP contribution is -2.17. The lowest BCUT2D eigenvalue weighted by Gasteiger charge is -2.13. The second-order valence-corrected chi connectivity index (χ2v) is 3.97. The maximum atomic E-state index is 10.7. The Morgan fingerprint density at radius 2 is 1.83 bits per heavy atom. The van der Waals surface area contributed by atoms with Gasteiger partial charge in [0.25, 0.3) is 0 Å². The van der Waals surface area contributed by atoms with Gasteiger partial charge < -0.3 is 16.4 Å². The van der Waals surface area contributed by atoms with Crippen LogP contribution in [0, 0.1) is 0 Å². The lowest BCUT2D eigenvalue weighted by atomic mass is 10.2. The molecular formula is C12H21N5O. The Morgan fingerprint density at radius 3 is 2.33 bits per heavy atom. The van der Waals surface area contributed by atoms with Gasteiger partial charge in [0.05, 0.1) is 0 Å². The van der Waals surface area contributed by atoms with Crippen LogP contribution in [0.2, 0.25) is 0 Å². The molecule has 1 heterocycles. The molecule has 1 rings (SSSR count). The monoisotopic (exact) mass is 251 g/mol. The zero-order valence-electron chi connectivity index (χ0n) is 11.0. The average Bonchev–Trinajstić information content (AvgIpc) is 2.36. The predicted octanol–water partition coefficient (Wildman–Crippen LogP) is 1.15. The van der Waals surface area contributed by atoms with Crippen molar-refractivity contribution in [3.8, 4) is 0 Å². The summed E-state index contributed by atoms with van der Waals surface area (Å²) in [6.45, 7) is 5.53. The van der Waals surface area contributed by atoms with Gasteiger partial charge in [-0.05, 0) is 12.8 Å². The molecule has 4 N–H and O–H groups in total. The highest BCUT2D eigenvalue weighted by Gasteiger charge is 2.09. The Balaban J connectivity index is 2.73. The minimum Gasteiger partial charge on any atom is -0.370 e. The molecule has 0 saturated carbocycles. The summed E-state index contributed by atoms with van der Waals surface area (Å²) in [4.78, 5) is 19.1. The normalized spacial score (nSPS) is 10.1. The molecule has 0 unspecified atom stereocenters. The predicted molar refractivity (Wildman–Crippen MR) is 72.5 cm³/mol. The average molecular weight is 251 g/mol. The number of hydrogen-bond acceptors (Lipinski definition) is 5. The van der Waals surface area contributed by atoms with Crippen LogP contribution in [0.4, 0.5) is 11.6 Å². The number of hydrogen-bond donors (Lipinski definition) is 3. The third-order valence-corrected chi connectivity index (χ3v) is 2.51. The number of nitrogens with zero attached hydrogens (tertiary/aromatic N) is 2. The molecule has 100 valence electrons. The fourth-order valence-corrected chi connectivity index (χ4v) is 1.60. The molecule has 0 bridgehead atoms. The van der Waals surface area contributed by atoms with E-state index < -0.39 is 0 Å². The summed E-state index contributed by atoms with van der Waals surface area (Å²) in [5, 5.41) is 6.39. The highest BCUT2D eigenvalue weighted by molar-refractivity contribution is 5.74. The Labute approximate surface area is 107 Å². The largest absolute Gasteiger partial charge is 0.370 e. The zero-order chi connectivity index (χ0) is 13.4. The molecule has 1 amide bonds. The van der Waals surface area contributed by atoms with Gasteiger partial charge in [-0.1, -0.05) is 13.8 Å². The highest BCUT2D eigenvalue weighted by atomic mass is 16.1. The van der Waals surface area contributed by atoms with E-state index in [0.717, 1.165) is 36.6 Å². The first kappa shape index (κ1) is 14.2. The van der Waals surface area contributed by atoms with E-state index in [1.165, 1.54) is 6.33 Å². The molecule has 0 aliphatic heterocycles. The van der Waals surface area contributed by atoms with Gasteiger partial charge in [-0.25, -0.2) is 9.97 Å². The van der Waals surface area contributed by atoms with Crippen molar-refractivity contribution in [1.82, 2.24) is 9.97 Å². The van der Waals surface area contributed by atoms with Crippen molar-refractivity contribution in [3.05, 3.63) is 11.9 Å². The van der Waals surface area contributed by atoms with Gasteiger partial charge in [-0.2, -0.15) is 0 Å². The number of nitrogens with two attached hydrogens (primary N) is 1. The van der Waals surface area contributed by atoms with E-state index in [1.807, 2.05) is 0 Å². The van der Waals surface area contributed by atoms with E-state index in [9.17, 15) is 4.79 Å². The molecule has 0 spiro atoms. The Hall–Kier alpha value is -1.85. The number of anilines is 2. The van der Waals surface area contributed by atoms with Gasteiger partial charge >= 0.3 is 0 Å². The maximum absolute atomic E-state index is 10.7. The minimum absolute atomic E-state index is 0.297. The first-order chi connectivity index (χ1) is 8.69. The highest BCUT2D eigenvalue weighted by Crippen LogP contribution is 2.20. The number of amides is 1. The number of rotatable bonds is 8. The van der Waals surface area contributed by atoms with Crippen LogP contribution in [0.25, 0.3) is 0 Å². The van der Waals surface area contributed by atoms with Crippen molar-refractivity contribution in [2.75, 3.05) is 23.7 Å². The molecule has 18 heavy (non-hydrogen) atoms. The molecule has 0 radical (unpaired) electrons. The van der Waals surface area contributed by atoms with Gasteiger partial charge in [-0.15, -0.1) is 0 Å². The van der Waals surface area contributed by atoms with Crippen LogP contribution >= 0.6 is 0 Å². The molecule has 0 aliphatic carbocycles. The number of primary amides is 1. The summed E-state index contributed by atoms with van der Waals surface area (Å²) >= 11 is 0. The number of carbonyl (C=O) groups excluding carboxylic acids is 1. The fraction of sp³-hybridized carbons (Fsp3) is 0.583. The topological polar surface area (TPSA) is 92.9 Å². The van der Waals surface area contributed by atoms with Gasteiger partial charge in [0, 0.05) is 25.1 Å². The summed E-state index contributed by atoms with van der Waals surface area (Å²) in [7, 11) is 0. The molecule has 1 aromatic heterocycles. The molecule has 0 aliphatic rings. The van der Waals surface area contributed by atoms with Crippen LogP contribution in [-0.4, -0.2) is 29.0 Å². The summed E-state index contributed by atoms with van der Waals surface area (Å²) in [5.74, 6) is 1.31. The molecule has 1 aromatic rings. The standard InChI is InChI=1S/C12H21N5O/c1-3-6-14-11-9(4-2)12(17-8-16-11)15-7-5-10(13)18/h8H,3-7H2,1-2H3,(H2,13,18)(H2,14,15,16,17). The quantitative estimate of drug-likeness (QED) is 0.644. The minimum atomic E-state index is -0.320. The SMILES string of the molecule is CCCNc1ncnc(NCCC(N)=O)c1CC. The van der Waals surface area contributed by atoms with Crippen LogP contribution < -0.4 is 16.4 Å². The Kier molecular flexibility index (Phi) is 5.90. The third-order valence-electron chi connectivity index (χ3n) is 2.51. The van der Waals surface area contributed by atoms with E-state index in [4.69, 9.17) is 5.73 Å². The van der Waals surface area contributed by atoms with Crippen LogP contribution in [0.15, 0.2) is 6.33 Å². The lowest BCUT2D eigenvalue weighted by molar-refractivity contribution is -0.117. The van der Waals surface area contributed by atoms with Crippen LogP contribution in [0.1, 0.15) is 32.3 Å². The second-order valence-electron chi connectivity index (χ2n) is 3.97. The molecule has 6 nitrogen and oxygen atoms in total. The Morgan fingerprint density at radius 1 is 1.22 bits per heavy atom. The second kappa shape index (κ2) is 7.47. The molecule has 0 atom stereocenters. The van der Waals surface area contributed by atoms with Crippen molar-refractivity contribution in [1.29, 1.82) is 0 Å². The van der Waals surface area contributed by atoms with E-state index in [0.29, 0.717) is 13.0 Å². The van der Waals surface area contributed by atoms with Crippen molar-refractivity contribution in [2.45, 2.75) is 33.1 Å². The number of aromatic nitrogens is 2. The summed E-state index contributed by atoms with van der Waals surface area (Å²) in [6.07, 6.45) is 3.68.